The first kappa shape index (κ1) is 21.1. The minimum atomic E-state index is -0.441. The minimum absolute atomic E-state index is 0.00688. The van der Waals surface area contributed by atoms with E-state index in [1.54, 1.807) is 18.2 Å². The largest absolute Gasteiger partial charge is 0.293 e. The molecule has 0 radical (unpaired) electrons. The van der Waals surface area contributed by atoms with Crippen LogP contribution in [0.5, 0.6) is 0 Å². The van der Waals surface area contributed by atoms with Crippen molar-refractivity contribution in [3.63, 3.8) is 0 Å². The molecule has 3 rings (SSSR count). The lowest BCUT2D eigenvalue weighted by atomic mass is 10.1. The highest BCUT2D eigenvalue weighted by molar-refractivity contribution is 5.97. The van der Waals surface area contributed by atoms with Crippen LogP contribution in [-0.2, 0) is 17.9 Å². The van der Waals surface area contributed by atoms with Crippen molar-refractivity contribution >= 4 is 17.5 Å². The maximum absolute atomic E-state index is 12.9. The second-order valence-corrected chi connectivity index (χ2v) is 7.14. The lowest BCUT2D eigenvalue weighted by Gasteiger charge is -2.27. The first-order valence-corrected chi connectivity index (χ1v) is 9.81. The van der Waals surface area contributed by atoms with E-state index >= 15 is 0 Å². The molecule has 0 aliphatic carbocycles. The normalized spacial score (nSPS) is 12.2. The first-order valence-electron chi connectivity index (χ1n) is 9.81. The van der Waals surface area contributed by atoms with E-state index in [1.807, 2.05) is 67.6 Å². The van der Waals surface area contributed by atoms with Gasteiger partial charge in [-0.3, -0.25) is 19.8 Å². The summed E-state index contributed by atoms with van der Waals surface area (Å²) in [5.74, 6) is -0.0478. The van der Waals surface area contributed by atoms with E-state index in [1.165, 1.54) is 18.2 Å². The summed E-state index contributed by atoms with van der Waals surface area (Å²) in [6.45, 7) is 3.19. The summed E-state index contributed by atoms with van der Waals surface area (Å²) in [6.07, 6.45) is 3.14. The number of ketones is 1. The molecule has 0 aliphatic heterocycles. The average Bonchev–Trinajstić information content (AvgIpc) is 2.78. The van der Waals surface area contributed by atoms with Gasteiger partial charge in [-0.05, 0) is 29.7 Å². The van der Waals surface area contributed by atoms with E-state index < -0.39 is 4.92 Å². The van der Waals surface area contributed by atoms with Crippen LogP contribution in [0.1, 0.15) is 23.6 Å². The molecule has 0 spiro atoms. The number of carbonyl (C=O) groups excluding carboxylic acids is 1. The van der Waals surface area contributed by atoms with Crippen LogP contribution in [0.4, 0.5) is 5.69 Å². The SMILES string of the molecule is C[C@@H](C(=O)/C=C/c1cccc([N+](=O)[O-])c1)N(Cc1ccccc1)Cc1ccccc1. The Labute approximate surface area is 176 Å². The highest BCUT2D eigenvalue weighted by atomic mass is 16.6. The Morgan fingerprint density at radius 3 is 2.03 bits per heavy atom. The smallest absolute Gasteiger partial charge is 0.270 e. The summed E-state index contributed by atoms with van der Waals surface area (Å²) in [7, 11) is 0. The second-order valence-electron chi connectivity index (χ2n) is 7.14. The Balaban J connectivity index is 1.77. The number of rotatable bonds is 9. The molecule has 30 heavy (non-hydrogen) atoms. The Hall–Kier alpha value is -3.57. The van der Waals surface area contributed by atoms with Crippen LogP contribution in [0.15, 0.2) is 91.0 Å². The molecule has 5 nitrogen and oxygen atoms in total. The topological polar surface area (TPSA) is 63.4 Å². The summed E-state index contributed by atoms with van der Waals surface area (Å²) in [5, 5.41) is 10.9. The van der Waals surface area contributed by atoms with Crippen LogP contribution in [0.3, 0.4) is 0 Å². The zero-order chi connectivity index (χ0) is 21.3. The molecular weight excluding hydrogens is 376 g/mol. The molecule has 0 aliphatic rings. The summed E-state index contributed by atoms with van der Waals surface area (Å²) in [6, 6.07) is 26.0. The number of benzene rings is 3. The Morgan fingerprint density at radius 1 is 0.933 bits per heavy atom. The van der Waals surface area contributed by atoms with Crippen molar-refractivity contribution in [2.75, 3.05) is 0 Å². The monoisotopic (exact) mass is 400 g/mol. The van der Waals surface area contributed by atoms with Crippen LogP contribution in [0.2, 0.25) is 0 Å². The molecule has 5 heteroatoms. The number of hydrogen-bond acceptors (Lipinski definition) is 4. The molecule has 1 atom stereocenters. The van der Waals surface area contributed by atoms with Gasteiger partial charge in [0.05, 0.1) is 11.0 Å². The van der Waals surface area contributed by atoms with Crippen LogP contribution >= 0.6 is 0 Å². The number of non-ortho nitro benzene ring substituents is 1. The van der Waals surface area contributed by atoms with Gasteiger partial charge >= 0.3 is 0 Å². The van der Waals surface area contributed by atoms with Crippen molar-refractivity contribution in [3.8, 4) is 0 Å². The fourth-order valence-electron chi connectivity index (χ4n) is 3.21. The van der Waals surface area contributed by atoms with E-state index in [0.717, 1.165) is 11.1 Å². The number of hydrogen-bond donors (Lipinski definition) is 0. The van der Waals surface area contributed by atoms with Gasteiger partial charge in [0.15, 0.2) is 5.78 Å². The van der Waals surface area contributed by atoms with Crippen molar-refractivity contribution in [3.05, 3.63) is 118 Å². The molecule has 0 unspecified atom stereocenters. The Bertz CT molecular complexity index is 975. The molecule has 0 N–H and O–H groups in total. The van der Waals surface area contributed by atoms with Gasteiger partial charge in [0, 0.05) is 25.2 Å². The molecule has 3 aromatic rings. The molecule has 0 aromatic heterocycles. The van der Waals surface area contributed by atoms with Crippen molar-refractivity contribution in [2.24, 2.45) is 0 Å². The Morgan fingerprint density at radius 2 is 1.50 bits per heavy atom. The summed E-state index contributed by atoms with van der Waals surface area (Å²) in [4.78, 5) is 25.5. The standard InChI is InChI=1S/C25H24N2O3/c1-20(25(28)16-15-21-13-8-14-24(17-21)27(29)30)26(18-22-9-4-2-5-10-22)19-23-11-6-3-7-12-23/h2-17,20H,18-19H2,1H3/b16-15+/t20-/m0/s1. The van der Waals surface area contributed by atoms with Crippen molar-refractivity contribution < 1.29 is 9.72 Å². The molecule has 0 heterocycles. The first-order chi connectivity index (χ1) is 14.5. The molecule has 3 aromatic carbocycles. The lowest BCUT2D eigenvalue weighted by molar-refractivity contribution is -0.384. The number of nitrogens with zero attached hydrogens (tertiary/aromatic N) is 2. The van der Waals surface area contributed by atoms with Gasteiger partial charge in [-0.25, -0.2) is 0 Å². The molecule has 0 amide bonds. The van der Waals surface area contributed by atoms with Gasteiger partial charge in [0.1, 0.15) is 0 Å². The van der Waals surface area contributed by atoms with Crippen LogP contribution in [0.25, 0.3) is 6.08 Å². The molecule has 0 bridgehead atoms. The van der Waals surface area contributed by atoms with Crippen molar-refractivity contribution in [2.45, 2.75) is 26.1 Å². The third-order valence-electron chi connectivity index (χ3n) is 4.94. The third kappa shape index (κ3) is 5.96. The maximum atomic E-state index is 12.9. The van der Waals surface area contributed by atoms with E-state index in [2.05, 4.69) is 4.90 Å². The van der Waals surface area contributed by atoms with Crippen molar-refractivity contribution in [1.82, 2.24) is 4.90 Å². The van der Waals surface area contributed by atoms with Crippen LogP contribution in [-0.4, -0.2) is 21.6 Å². The van der Waals surface area contributed by atoms with Crippen molar-refractivity contribution in [1.29, 1.82) is 0 Å². The maximum Gasteiger partial charge on any atom is 0.270 e. The van der Waals surface area contributed by atoms with Crippen LogP contribution < -0.4 is 0 Å². The van der Waals surface area contributed by atoms with E-state index in [-0.39, 0.29) is 17.5 Å². The van der Waals surface area contributed by atoms with E-state index in [4.69, 9.17) is 0 Å². The second kappa shape index (κ2) is 10.3. The zero-order valence-corrected chi connectivity index (χ0v) is 16.8. The highest BCUT2D eigenvalue weighted by Gasteiger charge is 2.20. The summed E-state index contributed by atoms with van der Waals surface area (Å²) >= 11 is 0. The fraction of sp³-hybridized carbons (Fsp3) is 0.160. The minimum Gasteiger partial charge on any atom is -0.293 e. The van der Waals surface area contributed by atoms with E-state index in [9.17, 15) is 14.9 Å². The van der Waals surface area contributed by atoms with Gasteiger partial charge in [-0.2, -0.15) is 0 Å². The third-order valence-corrected chi connectivity index (χ3v) is 4.94. The quantitative estimate of drug-likeness (QED) is 0.279. The molecule has 0 saturated carbocycles. The molecule has 0 fully saturated rings. The van der Waals surface area contributed by atoms with Crippen LogP contribution in [0, 0.1) is 10.1 Å². The lowest BCUT2D eigenvalue weighted by Crippen LogP contribution is -2.37. The van der Waals surface area contributed by atoms with E-state index in [0.29, 0.717) is 18.7 Å². The zero-order valence-electron chi connectivity index (χ0n) is 16.8. The predicted molar refractivity (Wildman–Crippen MR) is 119 cm³/mol. The van der Waals surface area contributed by atoms with Gasteiger partial charge in [-0.15, -0.1) is 0 Å². The van der Waals surface area contributed by atoms with Gasteiger partial charge in [-0.1, -0.05) is 78.9 Å². The number of nitro groups is 1. The van der Waals surface area contributed by atoms with Gasteiger partial charge < -0.3 is 0 Å². The molecule has 0 saturated heterocycles. The summed E-state index contributed by atoms with van der Waals surface area (Å²) < 4.78 is 0. The van der Waals surface area contributed by atoms with Gasteiger partial charge in [0.2, 0.25) is 0 Å². The number of carbonyl (C=O) groups is 1. The summed E-state index contributed by atoms with van der Waals surface area (Å²) in [5.41, 5.74) is 2.90. The Kier molecular flexibility index (Phi) is 7.24. The molecular formula is C25H24N2O3. The molecule has 152 valence electrons. The predicted octanol–water partition coefficient (Wildman–Crippen LogP) is 5.27. The fourth-order valence-corrected chi connectivity index (χ4v) is 3.21. The van der Waals surface area contributed by atoms with Gasteiger partial charge in [0.25, 0.3) is 5.69 Å². The number of nitro benzene ring substituents is 1. The average molecular weight is 400 g/mol. The highest BCUT2D eigenvalue weighted by Crippen LogP contribution is 2.17.